The molecule has 1 rings (SSSR count). The van der Waals surface area contributed by atoms with Crippen molar-refractivity contribution >= 4 is 11.9 Å². The van der Waals surface area contributed by atoms with Crippen LogP contribution >= 0.6 is 0 Å². The lowest BCUT2D eigenvalue weighted by molar-refractivity contribution is -0.140. The molecule has 1 aliphatic rings. The van der Waals surface area contributed by atoms with Gasteiger partial charge in [0, 0.05) is 18.6 Å². The number of cyclic esters (lactones) is 2. The molecule has 0 saturated heterocycles. The normalized spacial score (nSPS) is 27.6. The minimum Gasteiger partial charge on any atom is -0.455 e. The van der Waals surface area contributed by atoms with E-state index < -0.39 is 11.9 Å². The summed E-state index contributed by atoms with van der Waals surface area (Å²) in [4.78, 5) is 22.2. The van der Waals surface area contributed by atoms with E-state index in [1.54, 1.807) is 13.0 Å². The summed E-state index contributed by atoms with van der Waals surface area (Å²) in [6.45, 7) is 3.70. The molecule has 0 bridgehead atoms. The van der Waals surface area contributed by atoms with E-state index in [-0.39, 0.29) is 6.10 Å². The van der Waals surface area contributed by atoms with E-state index in [0.717, 1.165) is 18.6 Å². The third-order valence-corrected chi connectivity index (χ3v) is 1.81. The van der Waals surface area contributed by atoms with Crippen molar-refractivity contribution in [3.8, 4) is 0 Å². The van der Waals surface area contributed by atoms with Crippen molar-refractivity contribution in [1.29, 1.82) is 0 Å². The van der Waals surface area contributed by atoms with Gasteiger partial charge in [-0.2, -0.15) is 0 Å². The summed E-state index contributed by atoms with van der Waals surface area (Å²) in [7, 11) is 0. The Balaban J connectivity index is 2.84. The van der Waals surface area contributed by atoms with Crippen molar-refractivity contribution in [2.75, 3.05) is 0 Å². The van der Waals surface area contributed by atoms with Gasteiger partial charge in [-0.25, -0.2) is 9.59 Å². The Bertz CT molecular complexity index is 315. The van der Waals surface area contributed by atoms with Crippen molar-refractivity contribution in [3.63, 3.8) is 0 Å². The highest BCUT2D eigenvalue weighted by Crippen LogP contribution is 2.12. The average molecular weight is 210 g/mol. The van der Waals surface area contributed by atoms with Gasteiger partial charge in [-0.05, 0) is 19.4 Å². The molecule has 0 spiro atoms. The van der Waals surface area contributed by atoms with Gasteiger partial charge in [0.05, 0.1) is 0 Å². The average Bonchev–Trinajstić information content (AvgIpc) is 2.18. The van der Waals surface area contributed by atoms with Crippen LogP contribution in [0.3, 0.4) is 0 Å². The molecule has 0 aliphatic carbocycles. The zero-order valence-corrected chi connectivity index (χ0v) is 8.86. The first-order valence-corrected chi connectivity index (χ1v) is 4.93. The number of esters is 2. The van der Waals surface area contributed by atoms with Crippen LogP contribution in [-0.2, 0) is 19.1 Å². The topological polar surface area (TPSA) is 52.6 Å². The number of ether oxygens (including phenoxy) is 2. The van der Waals surface area contributed by atoms with Crippen LogP contribution in [-0.4, -0.2) is 18.0 Å². The molecule has 1 heterocycles. The molecular formula is C11H14O4. The first-order valence-electron chi connectivity index (χ1n) is 4.93. The van der Waals surface area contributed by atoms with Crippen molar-refractivity contribution in [2.24, 2.45) is 0 Å². The molecule has 0 amide bonds. The van der Waals surface area contributed by atoms with Crippen molar-refractivity contribution in [2.45, 2.75) is 32.8 Å². The maximum Gasteiger partial charge on any atom is 0.336 e. The molecule has 0 aromatic carbocycles. The summed E-state index contributed by atoms with van der Waals surface area (Å²) in [5, 5.41) is 0. The Morgan fingerprint density at radius 2 is 1.93 bits per heavy atom. The molecule has 0 saturated carbocycles. The molecule has 0 aromatic rings. The fourth-order valence-electron chi connectivity index (χ4n) is 1.23. The zero-order valence-electron chi connectivity index (χ0n) is 8.86. The van der Waals surface area contributed by atoms with E-state index in [1.165, 1.54) is 0 Å². The maximum absolute atomic E-state index is 11.2. The van der Waals surface area contributed by atoms with Crippen LogP contribution in [0.1, 0.15) is 26.7 Å². The molecule has 1 aliphatic heterocycles. The van der Waals surface area contributed by atoms with Gasteiger partial charge in [0.25, 0.3) is 0 Å². The highest BCUT2D eigenvalue weighted by atomic mass is 16.6. The van der Waals surface area contributed by atoms with Crippen LogP contribution in [0.2, 0.25) is 0 Å². The van der Waals surface area contributed by atoms with Gasteiger partial charge in [0.2, 0.25) is 0 Å². The minimum atomic E-state index is -0.541. The van der Waals surface area contributed by atoms with E-state index in [0.29, 0.717) is 12.2 Å². The molecule has 4 nitrogen and oxygen atoms in total. The zero-order chi connectivity index (χ0) is 11.3. The largest absolute Gasteiger partial charge is 0.455 e. The molecular weight excluding hydrogens is 196 g/mol. The van der Waals surface area contributed by atoms with Gasteiger partial charge in [-0.1, -0.05) is 6.92 Å². The van der Waals surface area contributed by atoms with Crippen molar-refractivity contribution < 1.29 is 19.1 Å². The summed E-state index contributed by atoms with van der Waals surface area (Å²) >= 11 is 0. The van der Waals surface area contributed by atoms with Crippen molar-refractivity contribution in [1.82, 2.24) is 0 Å². The van der Waals surface area contributed by atoms with Crippen LogP contribution in [0.5, 0.6) is 0 Å². The molecule has 15 heavy (non-hydrogen) atoms. The lowest BCUT2D eigenvalue weighted by Gasteiger charge is -2.09. The fraction of sp³-hybridized carbons (Fsp3) is 0.455. The SMILES string of the molecule is CCC/C1=C/C(C)OC(=O)/C=C\C(=O)O1. The van der Waals surface area contributed by atoms with Gasteiger partial charge in [0.1, 0.15) is 11.9 Å². The van der Waals surface area contributed by atoms with E-state index in [2.05, 4.69) is 0 Å². The second-order valence-electron chi connectivity index (χ2n) is 3.28. The predicted octanol–water partition coefficient (Wildman–Crippen LogP) is 1.72. The number of hydrogen-bond donors (Lipinski definition) is 0. The van der Waals surface area contributed by atoms with Gasteiger partial charge in [-0.15, -0.1) is 0 Å². The molecule has 0 radical (unpaired) electrons. The minimum absolute atomic E-state index is 0.380. The lowest BCUT2D eigenvalue weighted by Crippen LogP contribution is -2.10. The molecule has 0 N–H and O–H groups in total. The molecule has 0 fully saturated rings. The quantitative estimate of drug-likeness (QED) is 0.651. The summed E-state index contributed by atoms with van der Waals surface area (Å²) in [5.41, 5.74) is 0. The van der Waals surface area contributed by atoms with Crippen molar-refractivity contribution in [3.05, 3.63) is 24.0 Å². The summed E-state index contributed by atoms with van der Waals surface area (Å²) < 4.78 is 10.00. The number of allylic oxidation sites excluding steroid dienone is 1. The van der Waals surface area contributed by atoms with Crippen LogP contribution < -0.4 is 0 Å². The Morgan fingerprint density at radius 1 is 1.27 bits per heavy atom. The highest BCUT2D eigenvalue weighted by molar-refractivity contribution is 5.92. The highest BCUT2D eigenvalue weighted by Gasteiger charge is 2.12. The molecule has 0 aromatic heterocycles. The molecule has 1 unspecified atom stereocenters. The van der Waals surface area contributed by atoms with E-state index >= 15 is 0 Å². The van der Waals surface area contributed by atoms with Crippen LogP contribution in [0, 0.1) is 0 Å². The number of rotatable bonds is 2. The number of carbonyl (C=O) groups excluding carboxylic acids is 2. The summed E-state index contributed by atoms with van der Waals surface area (Å²) in [5.74, 6) is -0.524. The Hall–Kier alpha value is -1.58. The molecule has 4 heteroatoms. The lowest BCUT2D eigenvalue weighted by atomic mass is 10.2. The number of carbonyl (C=O) groups is 2. The third-order valence-electron chi connectivity index (χ3n) is 1.81. The monoisotopic (exact) mass is 210 g/mol. The van der Waals surface area contributed by atoms with Gasteiger partial charge < -0.3 is 9.47 Å². The first-order chi connectivity index (χ1) is 7.11. The van der Waals surface area contributed by atoms with E-state index in [1.807, 2.05) is 6.92 Å². The smallest absolute Gasteiger partial charge is 0.336 e. The Kier molecular flexibility index (Phi) is 4.09. The first kappa shape index (κ1) is 11.5. The molecule has 1 atom stereocenters. The van der Waals surface area contributed by atoms with Crippen LogP contribution in [0.4, 0.5) is 0 Å². The van der Waals surface area contributed by atoms with Gasteiger partial charge in [0.15, 0.2) is 0 Å². The Labute approximate surface area is 88.6 Å². The second-order valence-corrected chi connectivity index (χ2v) is 3.28. The maximum atomic E-state index is 11.2. The van der Waals surface area contributed by atoms with E-state index in [9.17, 15) is 9.59 Å². The van der Waals surface area contributed by atoms with Crippen LogP contribution in [0.25, 0.3) is 0 Å². The second kappa shape index (κ2) is 5.34. The van der Waals surface area contributed by atoms with Gasteiger partial charge in [-0.3, -0.25) is 0 Å². The Morgan fingerprint density at radius 3 is 2.60 bits per heavy atom. The summed E-state index contributed by atoms with van der Waals surface area (Å²) in [6, 6.07) is 0. The number of hydrogen-bond acceptors (Lipinski definition) is 4. The standard InChI is InChI=1S/C11H14O4/c1-3-4-9-7-8(2)14-10(12)5-6-11(13)15-9/h5-8H,3-4H2,1-2H3/b6-5-,9-7-. The predicted molar refractivity (Wildman–Crippen MR) is 53.8 cm³/mol. The summed E-state index contributed by atoms with van der Waals surface area (Å²) in [6.07, 6.45) is 4.93. The van der Waals surface area contributed by atoms with E-state index in [4.69, 9.17) is 9.47 Å². The van der Waals surface area contributed by atoms with Crippen LogP contribution in [0.15, 0.2) is 24.0 Å². The molecule has 82 valence electrons. The van der Waals surface area contributed by atoms with Gasteiger partial charge >= 0.3 is 11.9 Å². The third kappa shape index (κ3) is 3.97. The fourth-order valence-corrected chi connectivity index (χ4v) is 1.23.